The summed E-state index contributed by atoms with van der Waals surface area (Å²) in [5.74, 6) is 0.954. The van der Waals surface area contributed by atoms with Crippen molar-refractivity contribution in [3.63, 3.8) is 0 Å². The molecule has 172 valence electrons. The summed E-state index contributed by atoms with van der Waals surface area (Å²) < 4.78 is 16.9. The summed E-state index contributed by atoms with van der Waals surface area (Å²) in [7, 11) is 0. The molecule has 0 unspecified atom stereocenters. The monoisotopic (exact) mass is 463 g/mol. The molecule has 0 atom stereocenters. The molecule has 2 aromatic carbocycles. The highest BCUT2D eigenvalue weighted by Gasteiger charge is 2.26. The Morgan fingerprint density at radius 1 is 0.971 bits per heavy atom. The van der Waals surface area contributed by atoms with Crippen LogP contribution in [0.25, 0.3) is 34.0 Å². The van der Waals surface area contributed by atoms with E-state index in [-0.39, 0.29) is 12.5 Å². The number of esters is 1. The highest BCUT2D eigenvalue weighted by molar-refractivity contribution is 6.06. The third-order valence-corrected chi connectivity index (χ3v) is 6.05. The summed E-state index contributed by atoms with van der Waals surface area (Å²) in [6, 6.07) is 20.9. The van der Waals surface area contributed by atoms with E-state index < -0.39 is 5.97 Å². The molecule has 0 bridgehead atoms. The van der Waals surface area contributed by atoms with Crippen LogP contribution in [0.3, 0.4) is 0 Å². The van der Waals surface area contributed by atoms with E-state index in [0.717, 1.165) is 58.3 Å². The van der Waals surface area contributed by atoms with Crippen molar-refractivity contribution in [1.29, 1.82) is 0 Å². The van der Waals surface area contributed by atoms with Crippen LogP contribution in [-0.2, 0) is 17.8 Å². The van der Waals surface area contributed by atoms with Gasteiger partial charge in [0.05, 0.1) is 23.0 Å². The first-order chi connectivity index (χ1) is 17.3. The number of benzene rings is 2. The van der Waals surface area contributed by atoms with E-state index in [9.17, 15) is 4.79 Å². The van der Waals surface area contributed by atoms with E-state index in [4.69, 9.17) is 18.6 Å². The molecule has 1 aliphatic rings. The van der Waals surface area contributed by atoms with Gasteiger partial charge in [-0.1, -0.05) is 36.4 Å². The van der Waals surface area contributed by atoms with Crippen LogP contribution in [-0.4, -0.2) is 21.2 Å². The van der Waals surface area contributed by atoms with Crippen molar-refractivity contribution in [1.82, 2.24) is 15.2 Å². The van der Waals surface area contributed by atoms with Gasteiger partial charge in [-0.2, -0.15) is 0 Å². The first-order valence-electron chi connectivity index (χ1n) is 11.5. The zero-order chi connectivity index (χ0) is 23.6. The fourth-order valence-corrected chi connectivity index (χ4v) is 4.46. The molecule has 0 aliphatic heterocycles. The average molecular weight is 463 g/mol. The molecule has 5 aromatic rings. The van der Waals surface area contributed by atoms with Gasteiger partial charge in [-0.25, -0.2) is 9.78 Å². The fourth-order valence-electron chi connectivity index (χ4n) is 4.46. The van der Waals surface area contributed by atoms with Gasteiger partial charge in [0.25, 0.3) is 5.89 Å². The zero-order valence-corrected chi connectivity index (χ0v) is 18.8. The molecule has 3 aromatic heterocycles. The van der Waals surface area contributed by atoms with Crippen molar-refractivity contribution in [2.75, 3.05) is 0 Å². The molecule has 0 fully saturated rings. The number of carbonyl (C=O) groups excluding carboxylic acids is 1. The van der Waals surface area contributed by atoms with Crippen LogP contribution in [0.1, 0.15) is 46.1 Å². The van der Waals surface area contributed by atoms with Gasteiger partial charge < -0.3 is 13.6 Å². The highest BCUT2D eigenvalue weighted by atomic mass is 16.5. The number of hydrogen-bond acceptors (Lipinski definition) is 7. The van der Waals surface area contributed by atoms with Gasteiger partial charge in [-0.15, -0.1) is 10.2 Å². The van der Waals surface area contributed by atoms with Crippen molar-refractivity contribution in [3.05, 3.63) is 101 Å². The second-order valence-electron chi connectivity index (χ2n) is 8.31. The van der Waals surface area contributed by atoms with Crippen LogP contribution in [0, 0.1) is 0 Å². The number of fused-ring (bicyclic) bond motifs is 2. The molecule has 3 heterocycles. The third kappa shape index (κ3) is 4.12. The normalized spacial score (nSPS) is 14.2. The molecule has 0 saturated heterocycles. The summed E-state index contributed by atoms with van der Waals surface area (Å²) in [5.41, 5.74) is 4.86. The molecule has 0 amide bonds. The molecule has 1 aliphatic carbocycles. The minimum Gasteiger partial charge on any atom is -0.465 e. The van der Waals surface area contributed by atoms with Crippen LogP contribution < -0.4 is 0 Å². The Morgan fingerprint density at radius 2 is 1.83 bits per heavy atom. The van der Waals surface area contributed by atoms with Crippen LogP contribution in [0.5, 0.6) is 0 Å². The maximum Gasteiger partial charge on any atom is 0.339 e. The number of ether oxygens (including phenoxy) is 1. The van der Waals surface area contributed by atoms with Crippen LogP contribution in [0.4, 0.5) is 0 Å². The Morgan fingerprint density at radius 3 is 2.69 bits per heavy atom. The smallest absolute Gasteiger partial charge is 0.339 e. The molecular weight excluding hydrogens is 442 g/mol. The van der Waals surface area contributed by atoms with Gasteiger partial charge in [0.1, 0.15) is 5.76 Å². The number of rotatable bonds is 5. The van der Waals surface area contributed by atoms with Gasteiger partial charge in [-0.3, -0.25) is 0 Å². The molecule has 7 nitrogen and oxygen atoms in total. The lowest BCUT2D eigenvalue weighted by atomic mass is 9.86. The number of pyridine rings is 1. The van der Waals surface area contributed by atoms with Crippen molar-refractivity contribution in [2.45, 2.75) is 25.9 Å². The van der Waals surface area contributed by atoms with Crippen LogP contribution in [0.15, 0.2) is 81.8 Å². The number of nitrogens with zero attached hydrogens (tertiary/aromatic N) is 3. The lowest BCUT2D eigenvalue weighted by Gasteiger charge is -2.22. The van der Waals surface area contributed by atoms with Gasteiger partial charge in [0.15, 0.2) is 6.61 Å². The highest BCUT2D eigenvalue weighted by Crippen LogP contribution is 2.36. The lowest BCUT2D eigenvalue weighted by Crippen LogP contribution is -2.15. The summed E-state index contributed by atoms with van der Waals surface area (Å²) in [6.45, 7) is -0.112. The average Bonchev–Trinajstić information content (AvgIpc) is 3.59. The Hall–Kier alpha value is -4.52. The van der Waals surface area contributed by atoms with E-state index >= 15 is 0 Å². The van der Waals surface area contributed by atoms with Crippen molar-refractivity contribution >= 4 is 28.5 Å². The summed E-state index contributed by atoms with van der Waals surface area (Å²) in [6.07, 6.45) is 6.15. The van der Waals surface area contributed by atoms with E-state index in [0.29, 0.717) is 11.5 Å². The SMILES string of the molecule is O=C(OCc1nnc(-c2ccccc2)o1)c1c2c(nc3ccccc13)/C(=C/c1ccco1)CCC2. The first kappa shape index (κ1) is 21.0. The minimum absolute atomic E-state index is 0.112. The van der Waals surface area contributed by atoms with E-state index in [2.05, 4.69) is 10.2 Å². The number of furan rings is 1. The third-order valence-electron chi connectivity index (χ3n) is 6.05. The minimum atomic E-state index is -0.432. The Labute approximate surface area is 201 Å². The zero-order valence-electron chi connectivity index (χ0n) is 18.8. The topological polar surface area (TPSA) is 91.2 Å². The Balaban J connectivity index is 1.34. The second-order valence-corrected chi connectivity index (χ2v) is 8.31. The standard InChI is InChI=1S/C28H21N3O4/c32-28(34-17-24-30-31-27(35-24)18-8-2-1-3-9-18)25-21-12-4-5-14-23(21)29-26-19(10-6-13-22(25)26)16-20-11-7-15-33-20/h1-5,7-9,11-12,14-16H,6,10,13,17H2/b19-16+. The molecule has 0 N–H and O–H groups in total. The van der Waals surface area contributed by atoms with Crippen molar-refractivity contribution in [3.8, 4) is 11.5 Å². The first-order valence-corrected chi connectivity index (χ1v) is 11.5. The second kappa shape index (κ2) is 9.02. The van der Waals surface area contributed by atoms with E-state index in [1.807, 2.05) is 72.8 Å². The molecule has 6 rings (SSSR count). The number of aromatic nitrogens is 3. The fraction of sp³-hybridized carbons (Fsp3) is 0.143. The summed E-state index contributed by atoms with van der Waals surface area (Å²) in [5, 5.41) is 8.87. The molecular formula is C28H21N3O4. The van der Waals surface area contributed by atoms with Gasteiger partial charge in [0.2, 0.25) is 5.89 Å². The number of hydrogen-bond donors (Lipinski definition) is 0. The van der Waals surface area contributed by atoms with Crippen molar-refractivity contribution < 1.29 is 18.4 Å². The van der Waals surface area contributed by atoms with Crippen LogP contribution in [0.2, 0.25) is 0 Å². The quantitative estimate of drug-likeness (QED) is 0.290. The molecule has 0 radical (unpaired) electrons. The van der Waals surface area contributed by atoms with E-state index in [1.165, 1.54) is 0 Å². The van der Waals surface area contributed by atoms with Crippen molar-refractivity contribution in [2.24, 2.45) is 0 Å². The predicted molar refractivity (Wildman–Crippen MR) is 130 cm³/mol. The van der Waals surface area contributed by atoms with Gasteiger partial charge in [0, 0.05) is 10.9 Å². The van der Waals surface area contributed by atoms with Gasteiger partial charge in [-0.05, 0) is 66.8 Å². The lowest BCUT2D eigenvalue weighted by molar-refractivity contribution is 0.0439. The molecule has 0 spiro atoms. The maximum absolute atomic E-state index is 13.4. The predicted octanol–water partition coefficient (Wildman–Crippen LogP) is 6.11. The molecule has 0 saturated carbocycles. The number of allylic oxidation sites excluding steroid dienone is 1. The van der Waals surface area contributed by atoms with Gasteiger partial charge >= 0.3 is 5.97 Å². The largest absolute Gasteiger partial charge is 0.465 e. The van der Waals surface area contributed by atoms with Crippen LogP contribution >= 0.6 is 0 Å². The number of para-hydroxylation sites is 1. The number of carbonyl (C=O) groups is 1. The molecule has 7 heteroatoms. The summed E-state index contributed by atoms with van der Waals surface area (Å²) >= 11 is 0. The van der Waals surface area contributed by atoms with E-state index in [1.54, 1.807) is 6.26 Å². The summed E-state index contributed by atoms with van der Waals surface area (Å²) in [4.78, 5) is 18.3. The Bertz CT molecular complexity index is 1540. The maximum atomic E-state index is 13.4. The molecule has 35 heavy (non-hydrogen) atoms. The Kier molecular flexibility index (Phi) is 5.42.